The van der Waals surface area contributed by atoms with Crippen LogP contribution >= 0.6 is 34.8 Å². The van der Waals surface area contributed by atoms with Crippen LogP contribution in [0.3, 0.4) is 0 Å². The number of ether oxygens (including phenoxy) is 1. The molecule has 6 heteroatoms. The van der Waals surface area contributed by atoms with Crippen molar-refractivity contribution in [2.75, 3.05) is 0 Å². The Hall–Kier alpha value is 0.01000. The summed E-state index contributed by atoms with van der Waals surface area (Å²) in [6.07, 6.45) is 0.571. The zero-order valence-corrected chi connectivity index (χ0v) is 13.1. The Morgan fingerprint density at radius 3 is 2.11 bits per heavy atom. The van der Waals surface area contributed by atoms with Crippen molar-refractivity contribution in [1.29, 1.82) is 0 Å². The molecule has 0 N–H and O–H groups in total. The van der Waals surface area contributed by atoms with E-state index in [4.69, 9.17) is 39.5 Å². The van der Waals surface area contributed by atoms with Crippen molar-refractivity contribution in [1.82, 2.24) is 0 Å². The Labute approximate surface area is 122 Å². The molecular formula is C12H17Cl3O3. The standard InChI is InChI=1S/C12H17Cl3O3/c1-7(16)11(9(17)18-10(2,3)4)5-8(11)6-12(13,14)15/h8H,5-6H2,1-4H3. The lowest BCUT2D eigenvalue weighted by Crippen LogP contribution is -2.35. The van der Waals surface area contributed by atoms with E-state index in [1.165, 1.54) is 6.92 Å². The molecule has 1 rings (SSSR count). The van der Waals surface area contributed by atoms with Gasteiger partial charge in [-0.1, -0.05) is 34.8 Å². The molecule has 0 radical (unpaired) electrons. The molecule has 0 aromatic rings. The Morgan fingerprint density at radius 1 is 1.28 bits per heavy atom. The fraction of sp³-hybridized carbons (Fsp3) is 0.833. The fourth-order valence-electron chi connectivity index (χ4n) is 2.05. The van der Waals surface area contributed by atoms with Crippen molar-refractivity contribution < 1.29 is 14.3 Å². The van der Waals surface area contributed by atoms with Gasteiger partial charge < -0.3 is 4.74 Å². The van der Waals surface area contributed by atoms with Crippen LogP contribution in [0.5, 0.6) is 0 Å². The van der Waals surface area contributed by atoms with Crippen molar-refractivity contribution in [3.05, 3.63) is 0 Å². The monoisotopic (exact) mass is 314 g/mol. The number of ketones is 1. The molecule has 0 bridgehead atoms. The molecule has 1 aliphatic carbocycles. The second kappa shape index (κ2) is 4.84. The van der Waals surface area contributed by atoms with E-state index in [2.05, 4.69) is 0 Å². The van der Waals surface area contributed by atoms with E-state index in [0.717, 1.165) is 0 Å². The molecular weight excluding hydrogens is 298 g/mol. The zero-order chi connectivity index (χ0) is 14.4. The van der Waals surface area contributed by atoms with Crippen molar-refractivity contribution in [2.24, 2.45) is 11.3 Å². The molecule has 18 heavy (non-hydrogen) atoms. The van der Waals surface area contributed by atoms with Crippen LogP contribution in [0.1, 0.15) is 40.5 Å². The molecule has 0 saturated heterocycles. The molecule has 2 unspecified atom stereocenters. The van der Waals surface area contributed by atoms with E-state index in [9.17, 15) is 9.59 Å². The number of halogens is 3. The summed E-state index contributed by atoms with van der Waals surface area (Å²) >= 11 is 17.1. The second-order valence-electron chi connectivity index (χ2n) is 5.75. The number of carbonyl (C=O) groups excluding carboxylic acids is 2. The van der Waals surface area contributed by atoms with E-state index in [1.807, 2.05) is 0 Å². The number of alkyl halides is 3. The maximum atomic E-state index is 12.1. The first-order valence-electron chi connectivity index (χ1n) is 5.70. The highest BCUT2D eigenvalue weighted by molar-refractivity contribution is 6.67. The summed E-state index contributed by atoms with van der Waals surface area (Å²) in [6.45, 7) is 6.64. The van der Waals surface area contributed by atoms with Crippen LogP contribution in [0, 0.1) is 11.3 Å². The first-order chi connectivity index (χ1) is 7.88. The van der Waals surface area contributed by atoms with Crippen molar-refractivity contribution >= 4 is 46.6 Å². The Balaban J connectivity index is 2.81. The van der Waals surface area contributed by atoms with E-state index in [1.54, 1.807) is 20.8 Å². The third kappa shape index (κ3) is 3.75. The molecule has 0 aliphatic heterocycles. The molecule has 1 aliphatic rings. The Morgan fingerprint density at radius 2 is 1.78 bits per heavy atom. The van der Waals surface area contributed by atoms with Crippen LogP contribution in [-0.2, 0) is 14.3 Å². The highest BCUT2D eigenvalue weighted by Gasteiger charge is 2.66. The third-order valence-electron chi connectivity index (χ3n) is 2.97. The smallest absolute Gasteiger partial charge is 0.320 e. The van der Waals surface area contributed by atoms with Gasteiger partial charge >= 0.3 is 5.97 Å². The summed E-state index contributed by atoms with van der Waals surface area (Å²) in [7, 11) is 0. The van der Waals surface area contributed by atoms with Crippen LogP contribution in [0.15, 0.2) is 0 Å². The minimum absolute atomic E-state index is 0.177. The van der Waals surface area contributed by atoms with Crippen LogP contribution in [-0.4, -0.2) is 21.1 Å². The Kier molecular flexibility index (Phi) is 4.32. The van der Waals surface area contributed by atoms with Gasteiger partial charge in [0.05, 0.1) is 0 Å². The topological polar surface area (TPSA) is 43.4 Å². The SMILES string of the molecule is CC(=O)C1(C(=O)OC(C)(C)C)CC1CC(Cl)(Cl)Cl. The van der Waals surface area contributed by atoms with Gasteiger partial charge in [0, 0.05) is 0 Å². The average molecular weight is 316 g/mol. The third-order valence-corrected chi connectivity index (χ3v) is 3.44. The normalized spacial score (nSPS) is 27.8. The lowest BCUT2D eigenvalue weighted by atomic mass is 9.97. The molecule has 3 nitrogen and oxygen atoms in total. The lowest BCUT2D eigenvalue weighted by Gasteiger charge is -2.23. The van der Waals surface area contributed by atoms with Crippen molar-refractivity contribution in [2.45, 2.75) is 49.9 Å². The van der Waals surface area contributed by atoms with Gasteiger partial charge in [-0.2, -0.15) is 0 Å². The lowest BCUT2D eigenvalue weighted by molar-refractivity contribution is -0.164. The van der Waals surface area contributed by atoms with Gasteiger partial charge in [0.1, 0.15) is 16.8 Å². The Bertz CT molecular complexity index is 368. The maximum absolute atomic E-state index is 12.1. The van der Waals surface area contributed by atoms with Gasteiger partial charge in [0.25, 0.3) is 0 Å². The number of esters is 1. The van der Waals surface area contributed by atoms with Gasteiger partial charge in [0.2, 0.25) is 0 Å². The van der Waals surface area contributed by atoms with Crippen molar-refractivity contribution in [3.8, 4) is 0 Å². The van der Waals surface area contributed by atoms with Gasteiger partial charge in [-0.15, -0.1) is 0 Å². The van der Waals surface area contributed by atoms with Crippen LogP contribution in [0.25, 0.3) is 0 Å². The second-order valence-corrected chi connectivity index (χ2v) is 8.27. The van der Waals surface area contributed by atoms with Crippen LogP contribution in [0.2, 0.25) is 0 Å². The quantitative estimate of drug-likeness (QED) is 0.453. The number of hydrogen-bond donors (Lipinski definition) is 0. The molecule has 0 aromatic carbocycles. The van der Waals surface area contributed by atoms with Crippen molar-refractivity contribution in [3.63, 3.8) is 0 Å². The summed E-state index contributed by atoms with van der Waals surface area (Å²) in [5.74, 6) is -0.991. The largest absolute Gasteiger partial charge is 0.459 e. The predicted molar refractivity (Wildman–Crippen MR) is 72.0 cm³/mol. The summed E-state index contributed by atoms with van der Waals surface area (Å²) in [6, 6.07) is 0. The van der Waals surface area contributed by atoms with E-state index < -0.39 is 20.8 Å². The predicted octanol–water partition coefficient (Wildman–Crippen LogP) is 3.68. The number of Topliss-reactive ketones (excluding diaryl/α,β-unsaturated/α-hetero) is 1. The van der Waals surface area contributed by atoms with Gasteiger partial charge in [-0.3, -0.25) is 9.59 Å². The van der Waals surface area contributed by atoms with Gasteiger partial charge in [0.15, 0.2) is 3.79 Å². The van der Waals surface area contributed by atoms with Crippen LogP contribution < -0.4 is 0 Å². The molecule has 0 spiro atoms. The summed E-state index contributed by atoms with van der Waals surface area (Å²) in [5, 5.41) is 0. The molecule has 1 saturated carbocycles. The van der Waals surface area contributed by atoms with E-state index in [0.29, 0.717) is 6.42 Å². The summed E-state index contributed by atoms with van der Waals surface area (Å²) in [4.78, 5) is 23.8. The minimum Gasteiger partial charge on any atom is -0.459 e. The van der Waals surface area contributed by atoms with E-state index in [-0.39, 0.29) is 18.1 Å². The average Bonchev–Trinajstić information content (AvgIpc) is 2.73. The number of rotatable bonds is 3. The molecule has 0 heterocycles. The van der Waals surface area contributed by atoms with Gasteiger partial charge in [-0.25, -0.2) is 0 Å². The minimum atomic E-state index is -1.45. The highest BCUT2D eigenvalue weighted by atomic mass is 35.6. The molecule has 104 valence electrons. The molecule has 2 atom stereocenters. The first kappa shape index (κ1) is 16.1. The number of carbonyl (C=O) groups is 2. The number of hydrogen-bond acceptors (Lipinski definition) is 3. The fourth-order valence-corrected chi connectivity index (χ4v) is 2.61. The maximum Gasteiger partial charge on any atom is 0.320 e. The molecule has 0 aromatic heterocycles. The summed E-state index contributed by atoms with van der Waals surface area (Å²) < 4.78 is 3.83. The summed E-state index contributed by atoms with van der Waals surface area (Å²) in [5.41, 5.74) is -1.75. The van der Waals surface area contributed by atoms with Crippen LogP contribution in [0.4, 0.5) is 0 Å². The molecule has 0 amide bonds. The van der Waals surface area contributed by atoms with Gasteiger partial charge in [-0.05, 0) is 46.5 Å². The van der Waals surface area contributed by atoms with E-state index >= 15 is 0 Å². The highest BCUT2D eigenvalue weighted by Crippen LogP contribution is 2.59. The first-order valence-corrected chi connectivity index (χ1v) is 6.83. The zero-order valence-electron chi connectivity index (χ0n) is 10.9. The molecule has 1 fully saturated rings.